The lowest BCUT2D eigenvalue weighted by Gasteiger charge is -2.37. The van der Waals surface area contributed by atoms with Crippen LogP contribution in [0.25, 0.3) is 0 Å². The Bertz CT molecular complexity index is 198. The molecule has 0 amide bonds. The van der Waals surface area contributed by atoms with Gasteiger partial charge in [-0.15, -0.1) is 0 Å². The number of rotatable bonds is 5. The minimum absolute atomic E-state index is 0.277. The molecule has 0 spiro atoms. The molecule has 0 bridgehead atoms. The van der Waals surface area contributed by atoms with Gasteiger partial charge in [0.1, 0.15) is 0 Å². The lowest BCUT2D eigenvalue weighted by atomic mass is 9.74. The number of hydrogen-bond donors (Lipinski definition) is 1. The number of hydrogen-bond acceptors (Lipinski definition) is 1. The van der Waals surface area contributed by atoms with Crippen LogP contribution < -0.4 is 0 Å². The van der Waals surface area contributed by atoms with E-state index >= 15 is 0 Å². The van der Waals surface area contributed by atoms with Gasteiger partial charge in [-0.05, 0) is 50.4 Å². The third-order valence-electron chi connectivity index (χ3n) is 4.39. The normalized spacial score (nSPS) is 36.8. The summed E-state index contributed by atoms with van der Waals surface area (Å²) in [7, 11) is 0. The molecule has 1 N–H and O–H groups in total. The van der Waals surface area contributed by atoms with Crippen molar-refractivity contribution in [1.29, 1.82) is 0 Å². The summed E-state index contributed by atoms with van der Waals surface area (Å²) in [6.45, 7) is 2.23. The fourth-order valence-corrected chi connectivity index (χ4v) is 3.29. The van der Waals surface area contributed by atoms with Gasteiger partial charge in [0.2, 0.25) is 0 Å². The fraction of sp³-hybridized carbons (Fsp3) is 1.00. The molecule has 15 heavy (non-hydrogen) atoms. The molecule has 1 nitrogen and oxygen atoms in total. The zero-order valence-corrected chi connectivity index (χ0v) is 10.2. The van der Waals surface area contributed by atoms with E-state index < -0.39 is 0 Å². The Morgan fingerprint density at radius 2 is 1.93 bits per heavy atom. The molecule has 2 aliphatic carbocycles. The highest BCUT2D eigenvalue weighted by atomic mass is 16.3. The molecule has 0 aromatic carbocycles. The molecule has 0 heterocycles. The van der Waals surface area contributed by atoms with Gasteiger partial charge >= 0.3 is 0 Å². The zero-order valence-electron chi connectivity index (χ0n) is 10.2. The largest absolute Gasteiger partial charge is 0.390 e. The van der Waals surface area contributed by atoms with Crippen LogP contribution in [0.5, 0.6) is 0 Å². The summed E-state index contributed by atoms with van der Waals surface area (Å²) in [5, 5.41) is 10.5. The molecule has 2 aliphatic rings. The summed E-state index contributed by atoms with van der Waals surface area (Å²) in [6, 6.07) is 0. The summed E-state index contributed by atoms with van der Waals surface area (Å²) in [6.07, 6.45) is 12.6. The van der Waals surface area contributed by atoms with E-state index in [1.807, 2.05) is 0 Å². The second-order valence-corrected chi connectivity index (χ2v) is 5.88. The van der Waals surface area contributed by atoms with Crippen LogP contribution in [-0.2, 0) is 0 Å². The number of aliphatic hydroxyl groups is 1. The summed E-state index contributed by atoms with van der Waals surface area (Å²) in [5.41, 5.74) is -0.277. The van der Waals surface area contributed by atoms with E-state index in [-0.39, 0.29) is 5.60 Å². The SMILES string of the molecule is CCCCCC1(O)CCCC(C2CC2)C1. The average molecular weight is 210 g/mol. The minimum atomic E-state index is -0.277. The van der Waals surface area contributed by atoms with Gasteiger partial charge in [-0.3, -0.25) is 0 Å². The predicted molar refractivity (Wildman–Crippen MR) is 63.8 cm³/mol. The first kappa shape index (κ1) is 11.4. The molecule has 2 fully saturated rings. The molecule has 88 valence electrons. The van der Waals surface area contributed by atoms with Crippen molar-refractivity contribution in [1.82, 2.24) is 0 Å². The van der Waals surface area contributed by atoms with Crippen LogP contribution in [0.2, 0.25) is 0 Å². The van der Waals surface area contributed by atoms with Gasteiger partial charge in [0.05, 0.1) is 5.60 Å². The lowest BCUT2D eigenvalue weighted by molar-refractivity contribution is -0.0286. The van der Waals surface area contributed by atoms with Crippen LogP contribution in [0.1, 0.15) is 71.1 Å². The Morgan fingerprint density at radius 3 is 2.60 bits per heavy atom. The molecule has 0 aromatic rings. The molecular formula is C14H26O. The van der Waals surface area contributed by atoms with Crippen molar-refractivity contribution in [3.05, 3.63) is 0 Å². The Kier molecular flexibility index (Phi) is 3.71. The second kappa shape index (κ2) is 4.86. The first-order valence-corrected chi connectivity index (χ1v) is 6.96. The molecule has 2 rings (SSSR count). The van der Waals surface area contributed by atoms with Gasteiger partial charge in [-0.1, -0.05) is 32.6 Å². The Morgan fingerprint density at radius 1 is 1.13 bits per heavy atom. The molecule has 1 heteroatoms. The molecule has 2 saturated carbocycles. The van der Waals surface area contributed by atoms with Crippen molar-refractivity contribution in [2.75, 3.05) is 0 Å². The lowest BCUT2D eigenvalue weighted by Crippen LogP contribution is -2.35. The van der Waals surface area contributed by atoms with Gasteiger partial charge < -0.3 is 5.11 Å². The molecule has 2 unspecified atom stereocenters. The van der Waals surface area contributed by atoms with Gasteiger partial charge in [0, 0.05) is 0 Å². The summed E-state index contributed by atoms with van der Waals surface area (Å²) < 4.78 is 0. The first-order valence-electron chi connectivity index (χ1n) is 6.96. The van der Waals surface area contributed by atoms with Crippen LogP contribution in [0, 0.1) is 11.8 Å². The Hall–Kier alpha value is -0.0400. The van der Waals surface area contributed by atoms with Gasteiger partial charge in [-0.25, -0.2) is 0 Å². The van der Waals surface area contributed by atoms with Gasteiger partial charge in [0.25, 0.3) is 0 Å². The molecule has 0 aliphatic heterocycles. The summed E-state index contributed by atoms with van der Waals surface area (Å²) in [5.74, 6) is 1.85. The van der Waals surface area contributed by atoms with Crippen molar-refractivity contribution in [2.24, 2.45) is 11.8 Å². The van der Waals surface area contributed by atoms with E-state index in [1.165, 1.54) is 44.9 Å². The topological polar surface area (TPSA) is 20.2 Å². The van der Waals surface area contributed by atoms with Crippen LogP contribution in [-0.4, -0.2) is 10.7 Å². The van der Waals surface area contributed by atoms with Crippen LogP contribution in [0.4, 0.5) is 0 Å². The minimum Gasteiger partial charge on any atom is -0.390 e. The molecule has 0 saturated heterocycles. The van der Waals surface area contributed by atoms with Crippen LogP contribution >= 0.6 is 0 Å². The van der Waals surface area contributed by atoms with E-state index in [0.717, 1.165) is 31.1 Å². The quantitative estimate of drug-likeness (QED) is 0.682. The Labute approximate surface area is 94.3 Å². The summed E-state index contributed by atoms with van der Waals surface area (Å²) in [4.78, 5) is 0. The van der Waals surface area contributed by atoms with E-state index in [2.05, 4.69) is 6.92 Å². The van der Waals surface area contributed by atoms with Crippen LogP contribution in [0.15, 0.2) is 0 Å². The van der Waals surface area contributed by atoms with Crippen molar-refractivity contribution in [3.63, 3.8) is 0 Å². The number of unbranched alkanes of at least 4 members (excludes halogenated alkanes) is 2. The highest BCUT2D eigenvalue weighted by Crippen LogP contribution is 2.47. The zero-order chi connectivity index (χ0) is 10.7. The van der Waals surface area contributed by atoms with E-state index in [4.69, 9.17) is 0 Å². The summed E-state index contributed by atoms with van der Waals surface area (Å²) >= 11 is 0. The van der Waals surface area contributed by atoms with E-state index in [0.29, 0.717) is 0 Å². The average Bonchev–Trinajstić information content (AvgIpc) is 3.01. The highest BCUT2D eigenvalue weighted by molar-refractivity contribution is 4.92. The first-order chi connectivity index (χ1) is 7.23. The maximum atomic E-state index is 10.5. The maximum absolute atomic E-state index is 10.5. The Balaban J connectivity index is 1.78. The smallest absolute Gasteiger partial charge is 0.0650 e. The van der Waals surface area contributed by atoms with Gasteiger partial charge in [0.15, 0.2) is 0 Å². The third kappa shape index (κ3) is 3.21. The second-order valence-electron chi connectivity index (χ2n) is 5.88. The third-order valence-corrected chi connectivity index (χ3v) is 4.39. The maximum Gasteiger partial charge on any atom is 0.0650 e. The van der Waals surface area contributed by atoms with E-state index in [1.54, 1.807) is 0 Å². The standard InChI is InChI=1S/C14H26O/c1-2-3-4-9-14(15)10-5-6-13(11-14)12-7-8-12/h12-13,15H,2-11H2,1H3. The predicted octanol–water partition coefficient (Wildman–Crippen LogP) is 3.90. The van der Waals surface area contributed by atoms with E-state index in [9.17, 15) is 5.11 Å². The molecular weight excluding hydrogens is 184 g/mol. The molecule has 0 radical (unpaired) electrons. The molecule has 0 aromatic heterocycles. The van der Waals surface area contributed by atoms with Crippen molar-refractivity contribution >= 4 is 0 Å². The molecule has 2 atom stereocenters. The van der Waals surface area contributed by atoms with Crippen molar-refractivity contribution < 1.29 is 5.11 Å². The van der Waals surface area contributed by atoms with Crippen LogP contribution in [0.3, 0.4) is 0 Å². The van der Waals surface area contributed by atoms with Crippen molar-refractivity contribution in [2.45, 2.75) is 76.7 Å². The monoisotopic (exact) mass is 210 g/mol. The van der Waals surface area contributed by atoms with Gasteiger partial charge in [-0.2, -0.15) is 0 Å². The van der Waals surface area contributed by atoms with Crippen molar-refractivity contribution in [3.8, 4) is 0 Å². The highest BCUT2D eigenvalue weighted by Gasteiger charge is 2.40. The fourth-order valence-electron chi connectivity index (χ4n) is 3.29.